The van der Waals surface area contributed by atoms with Gasteiger partial charge in [-0.05, 0) is 44.1 Å². The number of nitrogens with zero attached hydrogens (tertiary/aromatic N) is 4. The van der Waals surface area contributed by atoms with Crippen molar-refractivity contribution in [2.75, 3.05) is 23.7 Å². The van der Waals surface area contributed by atoms with Crippen LogP contribution in [0.4, 0.5) is 11.6 Å². The van der Waals surface area contributed by atoms with E-state index in [4.69, 9.17) is 28.1 Å². The molecule has 6 nitrogen and oxygen atoms in total. The fraction of sp³-hybridized carbons (Fsp3) is 0.526. The number of hydrogen-bond acceptors (Lipinski definition) is 7. The van der Waals surface area contributed by atoms with Crippen molar-refractivity contribution in [2.24, 2.45) is 11.1 Å². The quantitative estimate of drug-likeness (QED) is 0.805. The molecule has 1 saturated heterocycles. The lowest BCUT2D eigenvalue weighted by molar-refractivity contribution is 0.197. The fourth-order valence-corrected chi connectivity index (χ4v) is 5.36. The standard InChI is InChI=1S/C19H25ClN6S/c1-12-18(27-13-4-8-23-17(22)16(13)20)24-11-15(25-12)26-9-6-19(7-10-26)5-2-3-14(19)21/h4,8,11,14H,2-3,5-7,9-10,21H2,1H3,(H2,22,23)/t14-/m1/s1. The van der Waals surface area contributed by atoms with Crippen molar-refractivity contribution in [1.29, 1.82) is 0 Å². The minimum absolute atomic E-state index is 0.330. The van der Waals surface area contributed by atoms with Crippen molar-refractivity contribution in [3.05, 3.63) is 29.2 Å². The number of halogens is 1. The number of aromatic nitrogens is 3. The van der Waals surface area contributed by atoms with E-state index in [1.807, 2.05) is 19.2 Å². The van der Waals surface area contributed by atoms with Crippen molar-refractivity contribution >= 4 is 35.0 Å². The Morgan fingerprint density at radius 3 is 2.70 bits per heavy atom. The Morgan fingerprint density at radius 2 is 2.04 bits per heavy atom. The predicted molar refractivity (Wildman–Crippen MR) is 110 cm³/mol. The average molecular weight is 405 g/mol. The first kappa shape index (κ1) is 18.8. The number of piperidine rings is 1. The molecule has 0 aromatic carbocycles. The van der Waals surface area contributed by atoms with E-state index in [9.17, 15) is 0 Å². The number of nitrogens with two attached hydrogens (primary N) is 2. The molecule has 27 heavy (non-hydrogen) atoms. The van der Waals surface area contributed by atoms with Gasteiger partial charge in [-0.2, -0.15) is 0 Å². The molecular weight excluding hydrogens is 380 g/mol. The Morgan fingerprint density at radius 1 is 1.26 bits per heavy atom. The highest BCUT2D eigenvalue weighted by molar-refractivity contribution is 7.99. The third-order valence-corrected chi connectivity index (χ3v) is 7.70. The first-order valence-electron chi connectivity index (χ1n) is 9.40. The monoisotopic (exact) mass is 404 g/mol. The van der Waals surface area contributed by atoms with Crippen LogP contribution in [0.15, 0.2) is 28.4 Å². The highest BCUT2D eigenvalue weighted by Crippen LogP contribution is 2.46. The van der Waals surface area contributed by atoms with Crippen LogP contribution in [0.3, 0.4) is 0 Å². The topological polar surface area (TPSA) is 94.0 Å². The lowest BCUT2D eigenvalue weighted by atomic mass is 9.74. The Bertz CT molecular complexity index is 837. The van der Waals surface area contributed by atoms with Gasteiger partial charge in [-0.3, -0.25) is 0 Å². The smallest absolute Gasteiger partial charge is 0.147 e. The highest BCUT2D eigenvalue weighted by atomic mass is 35.5. The number of pyridine rings is 1. The molecule has 4 rings (SSSR count). The van der Waals surface area contributed by atoms with Crippen LogP contribution in [0.25, 0.3) is 0 Å². The molecule has 0 unspecified atom stereocenters. The van der Waals surface area contributed by atoms with Gasteiger partial charge in [-0.25, -0.2) is 15.0 Å². The zero-order valence-electron chi connectivity index (χ0n) is 15.5. The van der Waals surface area contributed by atoms with E-state index < -0.39 is 0 Å². The molecule has 8 heteroatoms. The Kier molecular flexibility index (Phi) is 5.18. The van der Waals surface area contributed by atoms with E-state index in [0.717, 1.165) is 47.4 Å². The molecule has 2 aromatic heterocycles. The van der Waals surface area contributed by atoms with Gasteiger partial charge in [-0.1, -0.05) is 29.8 Å². The summed E-state index contributed by atoms with van der Waals surface area (Å²) in [6, 6.07) is 2.21. The normalized spacial score (nSPS) is 21.7. The van der Waals surface area contributed by atoms with Crippen LogP contribution in [-0.2, 0) is 0 Å². The zero-order valence-corrected chi connectivity index (χ0v) is 17.1. The SMILES string of the molecule is Cc1nc(N2CCC3(CCC[C@H]3N)CC2)cnc1Sc1ccnc(N)c1Cl. The van der Waals surface area contributed by atoms with E-state index in [1.165, 1.54) is 31.0 Å². The van der Waals surface area contributed by atoms with Gasteiger partial charge in [0.2, 0.25) is 0 Å². The first-order chi connectivity index (χ1) is 13.0. The first-order valence-corrected chi connectivity index (χ1v) is 10.6. The molecule has 4 N–H and O–H groups in total. The maximum Gasteiger partial charge on any atom is 0.147 e. The second-order valence-corrected chi connectivity index (χ2v) is 8.99. The van der Waals surface area contributed by atoms with E-state index >= 15 is 0 Å². The molecule has 0 radical (unpaired) electrons. The largest absolute Gasteiger partial charge is 0.382 e. The molecular formula is C19H25ClN6S. The minimum atomic E-state index is 0.330. The van der Waals surface area contributed by atoms with Gasteiger partial charge in [0.15, 0.2) is 0 Å². The second-order valence-electron chi connectivity index (χ2n) is 7.58. The molecule has 144 valence electrons. The minimum Gasteiger partial charge on any atom is -0.382 e. The van der Waals surface area contributed by atoms with Crippen molar-refractivity contribution in [1.82, 2.24) is 15.0 Å². The van der Waals surface area contributed by atoms with E-state index in [1.54, 1.807) is 6.20 Å². The molecule has 0 bridgehead atoms. The van der Waals surface area contributed by atoms with Crippen LogP contribution >= 0.6 is 23.4 Å². The summed E-state index contributed by atoms with van der Waals surface area (Å²) < 4.78 is 0. The molecule has 1 spiro atoms. The van der Waals surface area contributed by atoms with E-state index in [-0.39, 0.29) is 0 Å². The molecule has 2 aliphatic rings. The molecule has 3 heterocycles. The van der Waals surface area contributed by atoms with Crippen LogP contribution < -0.4 is 16.4 Å². The second kappa shape index (κ2) is 7.45. The van der Waals surface area contributed by atoms with Gasteiger partial charge in [-0.15, -0.1) is 0 Å². The van der Waals surface area contributed by atoms with Crippen molar-refractivity contribution in [3.8, 4) is 0 Å². The van der Waals surface area contributed by atoms with Gasteiger partial charge in [0, 0.05) is 30.2 Å². The third-order valence-electron chi connectivity index (χ3n) is 6.04. The Labute approximate surface area is 169 Å². The van der Waals surface area contributed by atoms with Gasteiger partial charge in [0.05, 0.1) is 16.9 Å². The van der Waals surface area contributed by atoms with Gasteiger partial charge in [0.25, 0.3) is 0 Å². The summed E-state index contributed by atoms with van der Waals surface area (Å²) in [5.74, 6) is 1.27. The summed E-state index contributed by atoms with van der Waals surface area (Å²) in [4.78, 5) is 16.6. The summed E-state index contributed by atoms with van der Waals surface area (Å²) in [5, 5.41) is 1.29. The molecule has 2 fully saturated rings. The molecule has 2 aromatic rings. The van der Waals surface area contributed by atoms with Crippen LogP contribution in [0.5, 0.6) is 0 Å². The number of rotatable bonds is 3. The van der Waals surface area contributed by atoms with Crippen LogP contribution in [0.1, 0.15) is 37.8 Å². The summed E-state index contributed by atoms with van der Waals surface area (Å²) in [6.45, 7) is 3.98. The van der Waals surface area contributed by atoms with Gasteiger partial charge in [0.1, 0.15) is 16.7 Å². The molecule has 1 aliphatic heterocycles. The van der Waals surface area contributed by atoms with Crippen molar-refractivity contribution in [2.45, 2.75) is 55.0 Å². The predicted octanol–water partition coefficient (Wildman–Crippen LogP) is 3.66. The van der Waals surface area contributed by atoms with Crippen LogP contribution in [0, 0.1) is 12.3 Å². The van der Waals surface area contributed by atoms with Crippen molar-refractivity contribution < 1.29 is 0 Å². The highest BCUT2D eigenvalue weighted by Gasteiger charge is 2.43. The average Bonchev–Trinajstić information content (AvgIpc) is 3.01. The van der Waals surface area contributed by atoms with E-state index in [0.29, 0.717) is 22.3 Å². The molecule has 1 saturated carbocycles. The van der Waals surface area contributed by atoms with Gasteiger partial charge >= 0.3 is 0 Å². The van der Waals surface area contributed by atoms with Crippen LogP contribution in [-0.4, -0.2) is 34.1 Å². The fourth-order valence-electron chi connectivity index (χ4n) is 4.30. The maximum atomic E-state index is 6.40. The number of aryl methyl sites for hydroxylation is 1. The molecule has 0 amide bonds. The molecule has 1 aliphatic carbocycles. The maximum absolute atomic E-state index is 6.40. The summed E-state index contributed by atoms with van der Waals surface area (Å²) >= 11 is 7.71. The van der Waals surface area contributed by atoms with Crippen molar-refractivity contribution in [3.63, 3.8) is 0 Å². The summed E-state index contributed by atoms with van der Waals surface area (Å²) in [7, 11) is 0. The van der Waals surface area contributed by atoms with Gasteiger partial charge < -0.3 is 16.4 Å². The summed E-state index contributed by atoms with van der Waals surface area (Å²) in [6.07, 6.45) is 9.53. The Balaban J connectivity index is 1.47. The Hall–Kier alpha value is -1.57. The summed E-state index contributed by atoms with van der Waals surface area (Å²) in [5.41, 5.74) is 13.4. The number of hydrogen-bond donors (Lipinski definition) is 2. The third kappa shape index (κ3) is 3.60. The molecule has 1 atom stereocenters. The lowest BCUT2D eigenvalue weighted by Crippen LogP contribution is -2.47. The lowest BCUT2D eigenvalue weighted by Gasteiger charge is -2.42. The zero-order chi connectivity index (χ0) is 19.0. The number of anilines is 2. The van der Waals surface area contributed by atoms with Crippen LogP contribution in [0.2, 0.25) is 5.02 Å². The van der Waals surface area contributed by atoms with E-state index in [2.05, 4.69) is 14.9 Å². The number of nitrogen functional groups attached to an aromatic ring is 1.